The van der Waals surface area contributed by atoms with Crippen molar-refractivity contribution < 1.29 is 13.2 Å². The summed E-state index contributed by atoms with van der Waals surface area (Å²) in [6.45, 7) is 7.16. The fourth-order valence-electron chi connectivity index (χ4n) is 2.95. The molecule has 23 heavy (non-hydrogen) atoms. The first-order valence-corrected chi connectivity index (χ1v) is 9.99. The minimum absolute atomic E-state index is 0.165. The van der Waals surface area contributed by atoms with Crippen molar-refractivity contribution in [2.75, 3.05) is 25.9 Å². The zero-order valence-corrected chi connectivity index (χ0v) is 14.9. The molecule has 1 N–H and O–H groups in total. The molecule has 2 unspecified atom stereocenters. The number of rotatable bonds is 5. The van der Waals surface area contributed by atoms with Crippen molar-refractivity contribution in [3.05, 3.63) is 29.8 Å². The normalized spacial score (nSPS) is 20.9. The van der Waals surface area contributed by atoms with Gasteiger partial charge in [0.25, 0.3) is 5.91 Å². The highest BCUT2D eigenvalue weighted by atomic mass is 32.2. The first kappa shape index (κ1) is 17.9. The first-order chi connectivity index (χ1) is 10.8. The van der Waals surface area contributed by atoms with Gasteiger partial charge in [-0.1, -0.05) is 6.92 Å². The third-order valence-corrected chi connectivity index (χ3v) is 5.54. The second-order valence-electron chi connectivity index (χ2n) is 6.60. The number of carbonyl (C=O) groups is 1. The zero-order valence-electron chi connectivity index (χ0n) is 14.1. The Kier molecular flexibility index (Phi) is 5.81. The zero-order chi connectivity index (χ0) is 17.0. The molecule has 1 aliphatic heterocycles. The van der Waals surface area contributed by atoms with Gasteiger partial charge in [-0.2, -0.15) is 0 Å². The predicted molar refractivity (Wildman–Crippen MR) is 91.3 cm³/mol. The molecule has 128 valence electrons. The van der Waals surface area contributed by atoms with Crippen LogP contribution in [0.4, 0.5) is 0 Å². The summed E-state index contributed by atoms with van der Waals surface area (Å²) >= 11 is 0. The molecule has 0 aromatic heterocycles. The molecule has 0 saturated carbocycles. The van der Waals surface area contributed by atoms with E-state index in [0.717, 1.165) is 19.3 Å². The number of hydrogen-bond acceptors (Lipinski definition) is 4. The number of nitrogens with zero attached hydrogens (tertiary/aromatic N) is 1. The van der Waals surface area contributed by atoms with E-state index in [-0.39, 0.29) is 10.8 Å². The van der Waals surface area contributed by atoms with Gasteiger partial charge in [0.2, 0.25) is 0 Å². The molecule has 2 rings (SSSR count). The number of piperidine rings is 1. The smallest absolute Gasteiger partial charge is 0.251 e. The van der Waals surface area contributed by atoms with E-state index < -0.39 is 9.84 Å². The van der Waals surface area contributed by atoms with Crippen molar-refractivity contribution in [3.63, 3.8) is 0 Å². The van der Waals surface area contributed by atoms with E-state index in [1.54, 1.807) is 12.1 Å². The molecular weight excluding hydrogens is 312 g/mol. The Morgan fingerprint density at radius 3 is 2.57 bits per heavy atom. The molecule has 0 radical (unpaired) electrons. The summed E-state index contributed by atoms with van der Waals surface area (Å²) in [7, 11) is -3.23. The van der Waals surface area contributed by atoms with Gasteiger partial charge in [-0.3, -0.25) is 9.69 Å². The SMILES string of the molecule is CC1CCCN(C(C)CNC(=O)c2ccc(S(C)(=O)=O)cc2)C1. The van der Waals surface area contributed by atoms with Gasteiger partial charge in [0.05, 0.1) is 4.90 Å². The third kappa shape index (κ3) is 5.04. The van der Waals surface area contributed by atoms with E-state index in [1.807, 2.05) is 0 Å². The van der Waals surface area contributed by atoms with Crippen molar-refractivity contribution in [1.82, 2.24) is 10.2 Å². The van der Waals surface area contributed by atoms with Gasteiger partial charge in [0, 0.05) is 31.0 Å². The Labute approximate surface area is 139 Å². The fourth-order valence-corrected chi connectivity index (χ4v) is 3.58. The molecule has 6 heteroatoms. The maximum absolute atomic E-state index is 12.2. The van der Waals surface area contributed by atoms with Crippen LogP contribution in [0.5, 0.6) is 0 Å². The Balaban J connectivity index is 1.89. The van der Waals surface area contributed by atoms with Crippen LogP contribution in [-0.2, 0) is 9.84 Å². The molecule has 0 spiro atoms. The number of hydrogen-bond donors (Lipinski definition) is 1. The first-order valence-electron chi connectivity index (χ1n) is 8.09. The van der Waals surface area contributed by atoms with Crippen LogP contribution in [0, 0.1) is 5.92 Å². The van der Waals surface area contributed by atoms with Gasteiger partial charge in [-0.25, -0.2) is 8.42 Å². The fraction of sp³-hybridized carbons (Fsp3) is 0.588. The Bertz CT molecular complexity index is 640. The van der Waals surface area contributed by atoms with Crippen molar-refractivity contribution in [1.29, 1.82) is 0 Å². The highest BCUT2D eigenvalue weighted by Gasteiger charge is 2.21. The molecule has 1 aromatic carbocycles. The average molecular weight is 338 g/mol. The van der Waals surface area contributed by atoms with E-state index in [1.165, 1.54) is 25.0 Å². The lowest BCUT2D eigenvalue weighted by atomic mass is 9.99. The van der Waals surface area contributed by atoms with Crippen LogP contribution >= 0.6 is 0 Å². The highest BCUT2D eigenvalue weighted by Crippen LogP contribution is 2.17. The number of likely N-dealkylation sites (tertiary alicyclic amines) is 1. The van der Waals surface area contributed by atoms with Crippen LogP contribution in [0.25, 0.3) is 0 Å². The van der Waals surface area contributed by atoms with Crippen LogP contribution < -0.4 is 5.32 Å². The van der Waals surface area contributed by atoms with Gasteiger partial charge in [0.1, 0.15) is 0 Å². The van der Waals surface area contributed by atoms with E-state index in [0.29, 0.717) is 24.1 Å². The third-order valence-electron chi connectivity index (χ3n) is 4.41. The van der Waals surface area contributed by atoms with Crippen LogP contribution in [0.15, 0.2) is 29.2 Å². The number of carbonyl (C=O) groups excluding carboxylic acids is 1. The molecule has 1 fully saturated rings. The maximum Gasteiger partial charge on any atom is 0.251 e. The second-order valence-corrected chi connectivity index (χ2v) is 8.61. The van der Waals surface area contributed by atoms with Crippen LogP contribution in [0.3, 0.4) is 0 Å². The molecule has 5 nitrogen and oxygen atoms in total. The topological polar surface area (TPSA) is 66.5 Å². The monoisotopic (exact) mass is 338 g/mol. The number of benzene rings is 1. The van der Waals surface area contributed by atoms with Crippen molar-refractivity contribution in [2.45, 2.75) is 37.6 Å². The van der Waals surface area contributed by atoms with Crippen molar-refractivity contribution in [3.8, 4) is 0 Å². The van der Waals surface area contributed by atoms with Gasteiger partial charge in [0.15, 0.2) is 9.84 Å². The lowest BCUT2D eigenvalue weighted by Gasteiger charge is -2.35. The molecule has 1 heterocycles. The number of nitrogens with one attached hydrogen (secondary N) is 1. The molecule has 2 atom stereocenters. The summed E-state index contributed by atoms with van der Waals surface area (Å²) in [5, 5.41) is 2.94. The highest BCUT2D eigenvalue weighted by molar-refractivity contribution is 7.90. The standard InChI is InChI=1S/C17H26N2O3S/c1-13-5-4-10-19(12-13)14(2)11-18-17(20)15-6-8-16(9-7-15)23(3,21)22/h6-9,13-14H,4-5,10-12H2,1-3H3,(H,18,20). The molecule has 0 bridgehead atoms. The molecule has 1 aliphatic rings. The minimum Gasteiger partial charge on any atom is -0.350 e. The molecule has 0 aliphatic carbocycles. The van der Waals surface area contributed by atoms with Gasteiger partial charge in [-0.15, -0.1) is 0 Å². The predicted octanol–water partition coefficient (Wildman–Crippen LogP) is 1.94. The van der Waals surface area contributed by atoms with Crippen molar-refractivity contribution >= 4 is 15.7 Å². The molecule has 1 amide bonds. The maximum atomic E-state index is 12.2. The summed E-state index contributed by atoms with van der Waals surface area (Å²) < 4.78 is 22.8. The summed E-state index contributed by atoms with van der Waals surface area (Å²) in [6, 6.07) is 6.36. The van der Waals surface area contributed by atoms with E-state index in [4.69, 9.17) is 0 Å². The van der Waals surface area contributed by atoms with Crippen LogP contribution in [-0.4, -0.2) is 51.2 Å². The van der Waals surface area contributed by atoms with Gasteiger partial charge < -0.3 is 5.32 Å². The molecule has 1 aromatic rings. The minimum atomic E-state index is -3.23. The average Bonchev–Trinajstić information content (AvgIpc) is 2.51. The lowest BCUT2D eigenvalue weighted by molar-refractivity contribution is 0.0917. The molecular formula is C17H26N2O3S. The second kappa shape index (κ2) is 7.45. The Morgan fingerprint density at radius 2 is 2.00 bits per heavy atom. The summed E-state index contributed by atoms with van der Waals surface area (Å²) in [6.07, 6.45) is 3.65. The largest absolute Gasteiger partial charge is 0.350 e. The Morgan fingerprint density at radius 1 is 1.35 bits per heavy atom. The van der Waals surface area contributed by atoms with E-state index in [2.05, 4.69) is 24.1 Å². The lowest BCUT2D eigenvalue weighted by Crippen LogP contribution is -2.46. The van der Waals surface area contributed by atoms with Gasteiger partial charge >= 0.3 is 0 Å². The van der Waals surface area contributed by atoms with Gasteiger partial charge in [-0.05, 0) is 56.5 Å². The van der Waals surface area contributed by atoms with Crippen LogP contribution in [0.1, 0.15) is 37.0 Å². The quantitative estimate of drug-likeness (QED) is 0.891. The van der Waals surface area contributed by atoms with E-state index in [9.17, 15) is 13.2 Å². The number of amides is 1. The summed E-state index contributed by atoms with van der Waals surface area (Å²) in [5.41, 5.74) is 0.483. The summed E-state index contributed by atoms with van der Waals surface area (Å²) in [4.78, 5) is 14.8. The van der Waals surface area contributed by atoms with Crippen LogP contribution in [0.2, 0.25) is 0 Å². The summed E-state index contributed by atoms with van der Waals surface area (Å²) in [5.74, 6) is 0.549. The Hall–Kier alpha value is -1.40. The number of sulfone groups is 1. The van der Waals surface area contributed by atoms with E-state index >= 15 is 0 Å². The van der Waals surface area contributed by atoms with Crippen molar-refractivity contribution in [2.24, 2.45) is 5.92 Å². The molecule has 1 saturated heterocycles.